The lowest BCUT2D eigenvalue weighted by atomic mass is 9.88. The van der Waals surface area contributed by atoms with E-state index in [1.165, 1.54) is 17.0 Å². The number of halogens is 2. The van der Waals surface area contributed by atoms with Gasteiger partial charge in [0.25, 0.3) is 5.56 Å². The average Bonchev–Trinajstić information content (AvgIpc) is 2.83. The van der Waals surface area contributed by atoms with E-state index < -0.39 is 4.92 Å². The van der Waals surface area contributed by atoms with Crippen molar-refractivity contribution in [1.82, 2.24) is 9.66 Å². The first kappa shape index (κ1) is 24.1. The molecule has 0 spiro atoms. The van der Waals surface area contributed by atoms with Crippen LogP contribution < -0.4 is 10.3 Å². The van der Waals surface area contributed by atoms with Crippen LogP contribution in [0.3, 0.4) is 0 Å². The third kappa shape index (κ3) is 5.05. The molecule has 1 aliphatic carbocycles. The first-order chi connectivity index (χ1) is 16.4. The van der Waals surface area contributed by atoms with Gasteiger partial charge >= 0.3 is 5.69 Å². The van der Waals surface area contributed by atoms with Gasteiger partial charge in [-0.2, -0.15) is 9.78 Å². The monoisotopic (exact) mass is 586 g/mol. The maximum Gasteiger partial charge on any atom is 0.312 e. The zero-order chi connectivity index (χ0) is 24.2. The van der Waals surface area contributed by atoms with Crippen LogP contribution in [0.2, 0.25) is 0 Å². The van der Waals surface area contributed by atoms with Gasteiger partial charge in [-0.1, -0.05) is 41.1 Å². The number of nitrogens with zero attached hydrogens (tertiary/aromatic N) is 4. The van der Waals surface area contributed by atoms with Gasteiger partial charge in [-0.25, -0.2) is 4.98 Å². The third-order valence-electron chi connectivity index (χ3n) is 5.67. The molecule has 1 aliphatic rings. The van der Waals surface area contributed by atoms with Crippen molar-refractivity contribution in [2.45, 2.75) is 38.0 Å². The van der Waals surface area contributed by atoms with Crippen molar-refractivity contribution in [3.63, 3.8) is 0 Å². The van der Waals surface area contributed by atoms with Crippen molar-refractivity contribution in [3.8, 4) is 18.1 Å². The summed E-state index contributed by atoms with van der Waals surface area (Å²) in [6, 6.07) is 8.35. The van der Waals surface area contributed by atoms with Crippen molar-refractivity contribution in [2.24, 2.45) is 5.10 Å². The summed E-state index contributed by atoms with van der Waals surface area (Å²) < 4.78 is 7.79. The number of hydrogen-bond acceptors (Lipinski definition) is 6. The van der Waals surface area contributed by atoms with Gasteiger partial charge in [-0.15, -0.1) is 6.42 Å². The minimum atomic E-state index is -0.553. The molecule has 4 rings (SSSR count). The van der Waals surface area contributed by atoms with Crippen LogP contribution in [-0.2, 0) is 0 Å². The minimum absolute atomic E-state index is 0.0392. The number of ether oxygens (including phenoxy) is 1. The van der Waals surface area contributed by atoms with Crippen LogP contribution >= 0.6 is 31.9 Å². The molecule has 0 atom stereocenters. The summed E-state index contributed by atoms with van der Waals surface area (Å²) >= 11 is 6.72. The number of aromatic nitrogens is 2. The quantitative estimate of drug-likeness (QED) is 0.158. The maximum atomic E-state index is 13.4. The Bertz CT molecular complexity index is 1390. The molecule has 0 bridgehead atoms. The number of terminal acetylenes is 1. The highest BCUT2D eigenvalue weighted by molar-refractivity contribution is 9.10. The van der Waals surface area contributed by atoms with E-state index in [0.717, 1.165) is 36.6 Å². The lowest BCUT2D eigenvalue weighted by molar-refractivity contribution is -0.385. The zero-order valence-electron chi connectivity index (χ0n) is 18.0. The third-order valence-corrected chi connectivity index (χ3v) is 6.75. The van der Waals surface area contributed by atoms with Gasteiger partial charge in [0.15, 0.2) is 0 Å². The van der Waals surface area contributed by atoms with Gasteiger partial charge in [0.2, 0.25) is 5.75 Å². The Morgan fingerprint density at radius 1 is 1.26 bits per heavy atom. The number of rotatable bonds is 6. The van der Waals surface area contributed by atoms with Gasteiger partial charge in [-0.05, 0) is 53.0 Å². The Hall–Kier alpha value is -3.03. The molecule has 8 nitrogen and oxygen atoms in total. The predicted octanol–water partition coefficient (Wildman–Crippen LogP) is 5.77. The number of nitro benzene ring substituents is 1. The summed E-state index contributed by atoms with van der Waals surface area (Å²) in [7, 11) is 0. The highest BCUT2D eigenvalue weighted by Crippen LogP contribution is 2.36. The summed E-state index contributed by atoms with van der Waals surface area (Å²) in [6.07, 6.45) is 11.8. The van der Waals surface area contributed by atoms with E-state index >= 15 is 0 Å². The van der Waals surface area contributed by atoms with E-state index in [2.05, 4.69) is 42.9 Å². The summed E-state index contributed by atoms with van der Waals surface area (Å²) in [5, 5.41) is 16.5. The highest BCUT2D eigenvalue weighted by atomic mass is 79.9. The zero-order valence-corrected chi connectivity index (χ0v) is 21.2. The Kier molecular flexibility index (Phi) is 7.44. The highest BCUT2D eigenvalue weighted by Gasteiger charge is 2.23. The van der Waals surface area contributed by atoms with Crippen molar-refractivity contribution < 1.29 is 9.66 Å². The molecule has 1 aromatic heterocycles. The molecule has 1 heterocycles. The number of hydrogen-bond donors (Lipinski definition) is 0. The molecule has 0 amide bonds. The molecule has 0 unspecified atom stereocenters. The molecule has 1 fully saturated rings. The normalized spacial score (nSPS) is 14.4. The molecule has 3 aromatic rings. The molecule has 0 radical (unpaired) electrons. The van der Waals surface area contributed by atoms with Crippen molar-refractivity contribution in [3.05, 3.63) is 71.1 Å². The molecule has 2 aromatic carbocycles. The summed E-state index contributed by atoms with van der Waals surface area (Å²) in [5.41, 5.74) is 0.494. The fourth-order valence-corrected chi connectivity index (χ4v) is 5.04. The molecule has 10 heteroatoms. The summed E-state index contributed by atoms with van der Waals surface area (Å²) in [5.74, 6) is 3.06. The van der Waals surface area contributed by atoms with Crippen molar-refractivity contribution in [1.29, 1.82) is 0 Å². The van der Waals surface area contributed by atoms with E-state index in [-0.39, 0.29) is 29.5 Å². The molecular formula is C24H20Br2N4O4. The lowest BCUT2D eigenvalue weighted by Gasteiger charge is -2.22. The lowest BCUT2D eigenvalue weighted by Crippen LogP contribution is -2.25. The standard InChI is InChI=1S/C24H20Br2N4O4/c1-2-10-34-22-19(26)11-15(12-21(22)30(32)33)14-27-29-23(16-6-4-3-5-7-16)28-20-9-8-17(25)13-18(20)24(29)31/h1,8-9,11-14,16H,3-7,10H2. The Balaban J connectivity index is 1.83. The van der Waals surface area contributed by atoms with E-state index in [4.69, 9.17) is 16.1 Å². The molecule has 174 valence electrons. The first-order valence-corrected chi connectivity index (χ1v) is 12.3. The molecule has 0 aliphatic heterocycles. The predicted molar refractivity (Wildman–Crippen MR) is 138 cm³/mol. The van der Waals surface area contributed by atoms with E-state index in [1.807, 2.05) is 12.1 Å². The number of fused-ring (bicyclic) bond motifs is 1. The van der Waals surface area contributed by atoms with E-state index in [1.54, 1.807) is 12.1 Å². The molecule has 1 saturated carbocycles. The fourth-order valence-electron chi connectivity index (χ4n) is 4.09. The maximum absolute atomic E-state index is 13.4. The van der Waals surface area contributed by atoms with Crippen LogP contribution in [0.1, 0.15) is 49.4 Å². The summed E-state index contributed by atoms with van der Waals surface area (Å²) in [4.78, 5) is 29.3. The van der Waals surface area contributed by atoms with Gasteiger partial charge < -0.3 is 4.74 Å². The molecule has 34 heavy (non-hydrogen) atoms. The van der Waals surface area contributed by atoms with Gasteiger partial charge in [0.05, 0.1) is 26.5 Å². The van der Waals surface area contributed by atoms with Crippen LogP contribution in [0.25, 0.3) is 10.9 Å². The number of benzene rings is 2. The minimum Gasteiger partial charge on any atom is -0.473 e. The van der Waals surface area contributed by atoms with Crippen LogP contribution in [-0.4, -0.2) is 27.4 Å². The second-order valence-electron chi connectivity index (χ2n) is 7.93. The Morgan fingerprint density at radius 2 is 2.03 bits per heavy atom. The first-order valence-electron chi connectivity index (χ1n) is 10.7. The van der Waals surface area contributed by atoms with Crippen LogP contribution in [0.15, 0.2) is 49.2 Å². The van der Waals surface area contributed by atoms with Gasteiger partial charge in [0.1, 0.15) is 12.4 Å². The van der Waals surface area contributed by atoms with Crippen LogP contribution in [0.4, 0.5) is 5.69 Å². The van der Waals surface area contributed by atoms with E-state index in [9.17, 15) is 14.9 Å². The Morgan fingerprint density at radius 3 is 2.74 bits per heavy atom. The fraction of sp³-hybridized carbons (Fsp3) is 0.292. The SMILES string of the molecule is C#CCOc1c(Br)cc(C=Nn2c(C3CCCCC3)nc3ccc(Br)cc3c2=O)cc1[N+](=O)[O-]. The average molecular weight is 588 g/mol. The molecule has 0 N–H and O–H groups in total. The second-order valence-corrected chi connectivity index (χ2v) is 9.70. The smallest absolute Gasteiger partial charge is 0.312 e. The van der Waals surface area contributed by atoms with Crippen LogP contribution in [0, 0.1) is 22.5 Å². The van der Waals surface area contributed by atoms with Gasteiger partial charge in [0, 0.05) is 22.0 Å². The van der Waals surface area contributed by atoms with Crippen LogP contribution in [0.5, 0.6) is 5.75 Å². The topological polar surface area (TPSA) is 99.6 Å². The second kappa shape index (κ2) is 10.5. The van der Waals surface area contributed by atoms with Crippen molar-refractivity contribution >= 4 is 54.7 Å². The van der Waals surface area contributed by atoms with E-state index in [0.29, 0.717) is 26.8 Å². The Labute approximate surface area is 212 Å². The number of nitro groups is 1. The summed E-state index contributed by atoms with van der Waals surface area (Å²) in [6.45, 7) is -0.106. The molecule has 0 saturated heterocycles. The molecular weight excluding hydrogens is 568 g/mol. The largest absolute Gasteiger partial charge is 0.473 e. The van der Waals surface area contributed by atoms with Gasteiger partial charge in [-0.3, -0.25) is 14.9 Å². The van der Waals surface area contributed by atoms with Crippen molar-refractivity contribution in [2.75, 3.05) is 6.61 Å².